The summed E-state index contributed by atoms with van der Waals surface area (Å²) < 4.78 is 37.9. The summed E-state index contributed by atoms with van der Waals surface area (Å²) in [5.74, 6) is 0.724. The number of aryl methyl sites for hydroxylation is 2. The van der Waals surface area contributed by atoms with Crippen LogP contribution in [0.15, 0.2) is 45.8 Å². The van der Waals surface area contributed by atoms with E-state index in [0.29, 0.717) is 29.6 Å². The minimum atomic E-state index is -3.77. The van der Waals surface area contributed by atoms with E-state index < -0.39 is 10.0 Å². The van der Waals surface area contributed by atoms with Gasteiger partial charge in [0.2, 0.25) is 5.88 Å². The normalized spacial score (nSPS) is 11.4. The van der Waals surface area contributed by atoms with Gasteiger partial charge in [0.25, 0.3) is 10.0 Å². The first kappa shape index (κ1) is 18.8. The summed E-state index contributed by atoms with van der Waals surface area (Å²) >= 11 is 0. The predicted octanol–water partition coefficient (Wildman–Crippen LogP) is 3.34. The topological polar surface area (TPSA) is 107 Å². The van der Waals surface area contributed by atoms with Crippen LogP contribution in [0.3, 0.4) is 0 Å². The van der Waals surface area contributed by atoms with E-state index in [9.17, 15) is 8.42 Å². The Morgan fingerprint density at radius 3 is 2.37 bits per heavy atom. The van der Waals surface area contributed by atoms with Gasteiger partial charge in [-0.2, -0.15) is 0 Å². The standard InChI is InChI=1S/C18H20N4O4S/c1-4-11-25-17-10-9-16(19-20-17)14-5-7-15(8-6-14)22-27(23,24)18-12(2)21-26-13(18)3/h5-10,22H,4,11H2,1-3H3. The molecule has 2 heterocycles. The van der Waals surface area contributed by atoms with Crippen molar-refractivity contribution in [3.8, 4) is 17.1 Å². The van der Waals surface area contributed by atoms with Gasteiger partial charge in [-0.25, -0.2) is 8.42 Å². The average molecular weight is 388 g/mol. The van der Waals surface area contributed by atoms with Crippen molar-refractivity contribution >= 4 is 15.7 Å². The second kappa shape index (κ2) is 7.75. The van der Waals surface area contributed by atoms with E-state index in [1.54, 1.807) is 50.2 Å². The Bertz CT molecular complexity index is 993. The van der Waals surface area contributed by atoms with Crippen molar-refractivity contribution in [2.45, 2.75) is 32.1 Å². The first-order valence-electron chi connectivity index (χ1n) is 8.43. The zero-order valence-corrected chi connectivity index (χ0v) is 16.1. The van der Waals surface area contributed by atoms with Crippen LogP contribution in [-0.4, -0.2) is 30.4 Å². The van der Waals surface area contributed by atoms with Gasteiger partial charge < -0.3 is 9.26 Å². The fraction of sp³-hybridized carbons (Fsp3) is 0.278. The molecule has 0 aliphatic heterocycles. The van der Waals surface area contributed by atoms with Gasteiger partial charge in [-0.1, -0.05) is 24.2 Å². The van der Waals surface area contributed by atoms with Crippen molar-refractivity contribution in [2.24, 2.45) is 0 Å². The molecule has 27 heavy (non-hydrogen) atoms. The molecule has 8 nitrogen and oxygen atoms in total. The molecule has 0 radical (unpaired) electrons. The first-order valence-corrected chi connectivity index (χ1v) is 9.91. The summed E-state index contributed by atoms with van der Waals surface area (Å²) in [6.07, 6.45) is 0.898. The van der Waals surface area contributed by atoms with E-state index in [1.165, 1.54) is 0 Å². The molecule has 0 fully saturated rings. The minimum absolute atomic E-state index is 0.0557. The third-order valence-corrected chi connectivity index (χ3v) is 5.39. The number of sulfonamides is 1. The summed E-state index contributed by atoms with van der Waals surface area (Å²) in [4.78, 5) is 0.0557. The monoisotopic (exact) mass is 388 g/mol. The van der Waals surface area contributed by atoms with E-state index in [-0.39, 0.29) is 10.7 Å². The van der Waals surface area contributed by atoms with Crippen molar-refractivity contribution in [1.82, 2.24) is 15.4 Å². The summed E-state index contributed by atoms with van der Waals surface area (Å²) in [5.41, 5.74) is 2.22. The molecule has 2 aromatic heterocycles. The van der Waals surface area contributed by atoms with E-state index in [0.717, 1.165) is 12.0 Å². The fourth-order valence-corrected chi connectivity index (χ4v) is 3.92. The molecule has 0 unspecified atom stereocenters. The van der Waals surface area contributed by atoms with E-state index in [1.807, 2.05) is 6.92 Å². The lowest BCUT2D eigenvalue weighted by Crippen LogP contribution is -2.14. The zero-order chi connectivity index (χ0) is 19.4. The second-order valence-corrected chi connectivity index (χ2v) is 7.56. The van der Waals surface area contributed by atoms with Crippen LogP contribution in [0.2, 0.25) is 0 Å². The van der Waals surface area contributed by atoms with Crippen molar-refractivity contribution in [2.75, 3.05) is 11.3 Å². The molecule has 1 aromatic carbocycles. The number of benzene rings is 1. The largest absolute Gasteiger partial charge is 0.477 e. The van der Waals surface area contributed by atoms with Gasteiger partial charge in [-0.05, 0) is 38.5 Å². The molecule has 3 rings (SSSR count). The minimum Gasteiger partial charge on any atom is -0.477 e. The molecule has 142 valence electrons. The molecule has 3 aromatic rings. The fourth-order valence-electron chi connectivity index (χ4n) is 2.53. The maximum atomic E-state index is 12.5. The van der Waals surface area contributed by atoms with E-state index >= 15 is 0 Å². The van der Waals surface area contributed by atoms with Crippen LogP contribution in [-0.2, 0) is 10.0 Å². The summed E-state index contributed by atoms with van der Waals surface area (Å²) in [7, 11) is -3.77. The molecule has 0 saturated heterocycles. The van der Waals surface area contributed by atoms with Crippen molar-refractivity contribution in [1.29, 1.82) is 0 Å². The lowest BCUT2D eigenvalue weighted by atomic mass is 10.1. The van der Waals surface area contributed by atoms with E-state index in [4.69, 9.17) is 9.26 Å². The molecule has 1 N–H and O–H groups in total. The lowest BCUT2D eigenvalue weighted by molar-refractivity contribution is 0.302. The smallest absolute Gasteiger partial charge is 0.267 e. The second-order valence-electron chi connectivity index (χ2n) is 5.94. The van der Waals surface area contributed by atoms with Crippen LogP contribution in [0.5, 0.6) is 5.88 Å². The van der Waals surface area contributed by atoms with Gasteiger partial charge in [0, 0.05) is 17.3 Å². The Labute approximate surface area is 157 Å². The summed E-state index contributed by atoms with van der Waals surface area (Å²) in [6, 6.07) is 10.4. The van der Waals surface area contributed by atoms with Gasteiger partial charge in [0.05, 0.1) is 12.3 Å². The highest BCUT2D eigenvalue weighted by Crippen LogP contribution is 2.24. The number of hydrogen-bond acceptors (Lipinski definition) is 7. The number of nitrogens with one attached hydrogen (secondary N) is 1. The number of rotatable bonds is 7. The van der Waals surface area contributed by atoms with Crippen LogP contribution < -0.4 is 9.46 Å². The quantitative estimate of drug-likeness (QED) is 0.661. The van der Waals surface area contributed by atoms with Gasteiger partial charge in [0.1, 0.15) is 5.69 Å². The Kier molecular flexibility index (Phi) is 5.41. The number of aromatic nitrogens is 3. The molecule has 0 aliphatic rings. The maximum absolute atomic E-state index is 12.5. The Morgan fingerprint density at radius 1 is 1.07 bits per heavy atom. The van der Waals surface area contributed by atoms with E-state index in [2.05, 4.69) is 20.1 Å². The number of ether oxygens (including phenoxy) is 1. The Hall–Kier alpha value is -2.94. The highest BCUT2D eigenvalue weighted by atomic mass is 32.2. The van der Waals surface area contributed by atoms with Crippen LogP contribution in [0.4, 0.5) is 5.69 Å². The number of hydrogen-bond donors (Lipinski definition) is 1. The molecule has 0 spiro atoms. The zero-order valence-electron chi connectivity index (χ0n) is 15.3. The number of anilines is 1. The van der Waals surface area contributed by atoms with Crippen LogP contribution >= 0.6 is 0 Å². The Morgan fingerprint density at radius 2 is 1.81 bits per heavy atom. The molecule has 0 amide bonds. The molecular formula is C18H20N4O4S. The van der Waals surface area contributed by atoms with Gasteiger partial charge in [-0.15, -0.1) is 10.2 Å². The maximum Gasteiger partial charge on any atom is 0.267 e. The van der Waals surface area contributed by atoms with Crippen LogP contribution in [0.1, 0.15) is 24.8 Å². The van der Waals surface area contributed by atoms with Crippen molar-refractivity contribution < 1.29 is 17.7 Å². The first-order chi connectivity index (χ1) is 12.9. The van der Waals surface area contributed by atoms with Gasteiger partial charge in [-0.3, -0.25) is 4.72 Å². The molecule has 0 bridgehead atoms. The Balaban J connectivity index is 1.76. The van der Waals surface area contributed by atoms with Gasteiger partial charge in [0.15, 0.2) is 10.7 Å². The van der Waals surface area contributed by atoms with Crippen LogP contribution in [0.25, 0.3) is 11.3 Å². The average Bonchev–Trinajstić information content (AvgIpc) is 3.00. The highest BCUT2D eigenvalue weighted by molar-refractivity contribution is 7.92. The molecule has 0 saturated carbocycles. The lowest BCUT2D eigenvalue weighted by Gasteiger charge is -2.08. The molecular weight excluding hydrogens is 368 g/mol. The highest BCUT2D eigenvalue weighted by Gasteiger charge is 2.24. The molecule has 0 aliphatic carbocycles. The van der Waals surface area contributed by atoms with Gasteiger partial charge >= 0.3 is 0 Å². The SMILES string of the molecule is CCCOc1ccc(-c2ccc(NS(=O)(=O)c3c(C)noc3C)cc2)nn1. The van der Waals surface area contributed by atoms with Crippen molar-refractivity contribution in [3.63, 3.8) is 0 Å². The summed E-state index contributed by atoms with van der Waals surface area (Å²) in [6.45, 7) is 5.75. The van der Waals surface area contributed by atoms with Crippen LogP contribution in [0, 0.1) is 13.8 Å². The number of nitrogens with zero attached hydrogens (tertiary/aromatic N) is 3. The predicted molar refractivity (Wildman–Crippen MR) is 100 cm³/mol. The third-order valence-electron chi connectivity index (χ3n) is 3.76. The molecule has 9 heteroatoms. The molecule has 0 atom stereocenters. The summed E-state index contributed by atoms with van der Waals surface area (Å²) in [5, 5.41) is 11.8. The van der Waals surface area contributed by atoms with Crippen molar-refractivity contribution in [3.05, 3.63) is 47.9 Å². The third kappa shape index (κ3) is 4.25.